The molecule has 0 saturated carbocycles. The van der Waals surface area contributed by atoms with E-state index >= 15 is 0 Å². The molecule has 0 aliphatic carbocycles. The second-order valence-electron chi connectivity index (χ2n) is 4.01. The number of para-hydroxylation sites is 1. The summed E-state index contributed by atoms with van der Waals surface area (Å²) in [5.41, 5.74) is 1.66. The molecular weight excluding hydrogens is 200 g/mol. The van der Waals surface area contributed by atoms with Crippen molar-refractivity contribution in [3.63, 3.8) is 0 Å². The van der Waals surface area contributed by atoms with Gasteiger partial charge in [-0.3, -0.25) is 4.79 Å². The van der Waals surface area contributed by atoms with Crippen molar-refractivity contribution in [2.24, 2.45) is 0 Å². The topological polar surface area (TPSA) is 26.3 Å². The van der Waals surface area contributed by atoms with Gasteiger partial charge in [0.25, 0.3) is 0 Å². The Hall–Kier alpha value is -1.57. The van der Waals surface area contributed by atoms with E-state index in [1.807, 2.05) is 32.1 Å². The number of ether oxygens (including phenoxy) is 1. The van der Waals surface area contributed by atoms with Crippen LogP contribution in [0.15, 0.2) is 30.9 Å². The predicted octanol–water partition coefficient (Wildman–Crippen LogP) is 3.40. The summed E-state index contributed by atoms with van der Waals surface area (Å²) < 4.78 is 5.72. The molecule has 0 bridgehead atoms. The van der Waals surface area contributed by atoms with Gasteiger partial charge < -0.3 is 4.74 Å². The molecule has 0 unspecified atom stereocenters. The Kier molecular flexibility index (Phi) is 4.29. The highest BCUT2D eigenvalue weighted by Crippen LogP contribution is 2.26. The summed E-state index contributed by atoms with van der Waals surface area (Å²) in [6.45, 7) is 9.17. The molecule has 1 rings (SSSR count). The number of allylic oxidation sites excluding steroid dienone is 1. The van der Waals surface area contributed by atoms with Crippen molar-refractivity contribution in [2.45, 2.75) is 33.3 Å². The van der Waals surface area contributed by atoms with Crippen molar-refractivity contribution < 1.29 is 9.53 Å². The minimum atomic E-state index is 0.0292. The van der Waals surface area contributed by atoms with Gasteiger partial charge in [0.1, 0.15) is 5.75 Å². The molecule has 0 saturated heterocycles. The molecule has 0 aromatic heterocycles. The van der Waals surface area contributed by atoms with Crippen LogP contribution in [0.5, 0.6) is 5.75 Å². The first-order chi connectivity index (χ1) is 7.56. The Labute approximate surface area is 96.9 Å². The van der Waals surface area contributed by atoms with Crippen molar-refractivity contribution in [3.8, 4) is 5.75 Å². The van der Waals surface area contributed by atoms with Gasteiger partial charge in [-0.05, 0) is 38.8 Å². The van der Waals surface area contributed by atoms with E-state index in [1.54, 1.807) is 13.0 Å². The molecule has 86 valence electrons. The molecule has 0 spiro atoms. The summed E-state index contributed by atoms with van der Waals surface area (Å²) in [4.78, 5) is 11.5. The lowest BCUT2D eigenvalue weighted by Crippen LogP contribution is -2.11. The van der Waals surface area contributed by atoms with Gasteiger partial charge in [0, 0.05) is 0 Å². The van der Waals surface area contributed by atoms with E-state index in [0.717, 1.165) is 5.56 Å². The van der Waals surface area contributed by atoms with E-state index < -0.39 is 0 Å². The zero-order chi connectivity index (χ0) is 12.1. The molecule has 1 aromatic carbocycles. The fraction of sp³-hybridized carbons (Fsp3) is 0.357. The molecule has 0 amide bonds. The van der Waals surface area contributed by atoms with Crippen LogP contribution in [0.4, 0.5) is 0 Å². The zero-order valence-electron chi connectivity index (χ0n) is 10.1. The van der Waals surface area contributed by atoms with E-state index in [-0.39, 0.29) is 11.9 Å². The van der Waals surface area contributed by atoms with E-state index in [9.17, 15) is 4.79 Å². The number of carbonyl (C=O) groups excluding carboxylic acids is 1. The standard InChI is InChI=1S/C14H18O2/c1-5-7-12-8-6-9-13(11(4)15)14(12)16-10(2)3/h5-6,8-10H,1,7H2,2-4H3. The Morgan fingerprint density at radius 3 is 2.69 bits per heavy atom. The number of benzene rings is 1. The average molecular weight is 218 g/mol. The van der Waals surface area contributed by atoms with Crippen molar-refractivity contribution in [1.29, 1.82) is 0 Å². The number of hydrogen-bond acceptors (Lipinski definition) is 2. The Bertz CT molecular complexity index is 392. The Morgan fingerprint density at radius 1 is 1.50 bits per heavy atom. The summed E-state index contributed by atoms with van der Waals surface area (Å²) in [6, 6.07) is 5.64. The van der Waals surface area contributed by atoms with Crippen LogP contribution < -0.4 is 4.74 Å². The maximum atomic E-state index is 11.5. The van der Waals surface area contributed by atoms with Crippen LogP contribution >= 0.6 is 0 Å². The van der Waals surface area contributed by atoms with Crippen LogP contribution in [0, 0.1) is 0 Å². The van der Waals surface area contributed by atoms with E-state index in [2.05, 4.69) is 6.58 Å². The minimum Gasteiger partial charge on any atom is -0.490 e. The monoisotopic (exact) mass is 218 g/mol. The van der Waals surface area contributed by atoms with Gasteiger partial charge in [-0.15, -0.1) is 6.58 Å². The molecular formula is C14H18O2. The molecule has 16 heavy (non-hydrogen) atoms. The molecule has 0 N–H and O–H groups in total. The van der Waals surface area contributed by atoms with Gasteiger partial charge in [-0.25, -0.2) is 0 Å². The third-order valence-electron chi connectivity index (χ3n) is 2.19. The molecule has 0 radical (unpaired) electrons. The van der Waals surface area contributed by atoms with E-state index in [0.29, 0.717) is 17.7 Å². The fourth-order valence-electron chi connectivity index (χ4n) is 1.55. The molecule has 0 aliphatic rings. The van der Waals surface area contributed by atoms with Gasteiger partial charge >= 0.3 is 0 Å². The van der Waals surface area contributed by atoms with Crippen molar-refractivity contribution in [1.82, 2.24) is 0 Å². The van der Waals surface area contributed by atoms with Gasteiger partial charge in [-0.2, -0.15) is 0 Å². The number of rotatable bonds is 5. The molecule has 0 atom stereocenters. The molecule has 0 heterocycles. The average Bonchev–Trinajstić information content (AvgIpc) is 2.19. The van der Waals surface area contributed by atoms with Crippen molar-refractivity contribution >= 4 is 5.78 Å². The molecule has 0 aliphatic heterocycles. The molecule has 1 aromatic rings. The van der Waals surface area contributed by atoms with Gasteiger partial charge in [0.2, 0.25) is 0 Å². The van der Waals surface area contributed by atoms with E-state index in [1.165, 1.54) is 0 Å². The highest BCUT2D eigenvalue weighted by Gasteiger charge is 2.13. The highest BCUT2D eigenvalue weighted by molar-refractivity contribution is 5.97. The largest absolute Gasteiger partial charge is 0.490 e. The number of Topliss-reactive ketones (excluding diaryl/α,β-unsaturated/α-hetero) is 1. The normalized spacial score (nSPS) is 10.2. The van der Waals surface area contributed by atoms with Gasteiger partial charge in [0.15, 0.2) is 5.78 Å². The second-order valence-corrected chi connectivity index (χ2v) is 4.01. The number of ketones is 1. The summed E-state index contributed by atoms with van der Waals surface area (Å²) in [5.74, 6) is 0.728. The molecule has 2 heteroatoms. The zero-order valence-corrected chi connectivity index (χ0v) is 10.1. The summed E-state index contributed by atoms with van der Waals surface area (Å²) in [6.07, 6.45) is 2.58. The fourth-order valence-corrected chi connectivity index (χ4v) is 1.55. The lowest BCUT2D eigenvalue weighted by atomic mass is 10.0. The molecule has 2 nitrogen and oxygen atoms in total. The van der Waals surface area contributed by atoms with Crippen LogP contribution in [0.2, 0.25) is 0 Å². The minimum absolute atomic E-state index is 0.0292. The van der Waals surface area contributed by atoms with Crippen LogP contribution in [-0.4, -0.2) is 11.9 Å². The third-order valence-corrected chi connectivity index (χ3v) is 2.19. The van der Waals surface area contributed by atoms with Crippen LogP contribution in [0.3, 0.4) is 0 Å². The first-order valence-electron chi connectivity index (χ1n) is 5.46. The predicted molar refractivity (Wildman–Crippen MR) is 66.1 cm³/mol. The SMILES string of the molecule is C=CCc1cccc(C(C)=O)c1OC(C)C. The summed E-state index contributed by atoms with van der Waals surface area (Å²) in [5, 5.41) is 0. The lowest BCUT2D eigenvalue weighted by Gasteiger charge is -2.16. The van der Waals surface area contributed by atoms with Crippen molar-refractivity contribution in [2.75, 3.05) is 0 Å². The van der Waals surface area contributed by atoms with Gasteiger partial charge in [0.05, 0.1) is 11.7 Å². The number of carbonyl (C=O) groups is 1. The first-order valence-corrected chi connectivity index (χ1v) is 5.46. The third kappa shape index (κ3) is 2.96. The maximum Gasteiger partial charge on any atom is 0.163 e. The van der Waals surface area contributed by atoms with E-state index in [4.69, 9.17) is 4.74 Å². The number of hydrogen-bond donors (Lipinski definition) is 0. The van der Waals surface area contributed by atoms with Crippen LogP contribution in [0.25, 0.3) is 0 Å². The van der Waals surface area contributed by atoms with Crippen molar-refractivity contribution in [3.05, 3.63) is 42.0 Å². The first kappa shape index (κ1) is 12.5. The van der Waals surface area contributed by atoms with Crippen LogP contribution in [-0.2, 0) is 6.42 Å². The Morgan fingerprint density at radius 2 is 2.19 bits per heavy atom. The van der Waals surface area contributed by atoms with Crippen LogP contribution in [0.1, 0.15) is 36.7 Å². The summed E-state index contributed by atoms with van der Waals surface area (Å²) in [7, 11) is 0. The molecule has 0 fully saturated rings. The highest BCUT2D eigenvalue weighted by atomic mass is 16.5. The second kappa shape index (κ2) is 5.50. The Balaban J connectivity index is 3.22. The summed E-state index contributed by atoms with van der Waals surface area (Å²) >= 11 is 0. The van der Waals surface area contributed by atoms with Gasteiger partial charge in [-0.1, -0.05) is 18.2 Å². The smallest absolute Gasteiger partial charge is 0.163 e. The maximum absolute atomic E-state index is 11.5. The quantitative estimate of drug-likeness (QED) is 0.559. The lowest BCUT2D eigenvalue weighted by molar-refractivity contribution is 0.101.